The van der Waals surface area contributed by atoms with E-state index in [0.717, 1.165) is 48.9 Å². The maximum atomic E-state index is 12.1. The lowest BCUT2D eigenvalue weighted by atomic mass is 9.47. The average Bonchev–Trinajstić information content (AvgIpc) is 3.16. The molecule has 0 aromatic rings. The highest BCUT2D eigenvalue weighted by Crippen LogP contribution is 2.67. The van der Waals surface area contributed by atoms with Crippen LogP contribution >= 0.6 is 0 Å². The van der Waals surface area contributed by atoms with E-state index in [-0.39, 0.29) is 12.1 Å². The van der Waals surface area contributed by atoms with E-state index in [2.05, 4.69) is 66.3 Å². The van der Waals surface area contributed by atoms with Crippen LogP contribution in [-0.4, -0.2) is 12.1 Å². The van der Waals surface area contributed by atoms with Crippen molar-refractivity contribution in [3.8, 4) is 0 Å². The summed E-state index contributed by atoms with van der Waals surface area (Å²) in [7, 11) is 0. The van der Waals surface area contributed by atoms with Gasteiger partial charge in [-0.3, -0.25) is 0 Å². The summed E-state index contributed by atoms with van der Waals surface area (Å²) < 4.78 is 5.79. The molecule has 3 saturated carbocycles. The molecule has 0 N–H and O–H groups in total. The van der Waals surface area contributed by atoms with Gasteiger partial charge < -0.3 is 4.74 Å². The van der Waals surface area contributed by atoms with Crippen LogP contribution in [0.3, 0.4) is 0 Å². The van der Waals surface area contributed by atoms with Crippen LogP contribution in [0, 0.1) is 52.3 Å². The highest BCUT2D eigenvalue weighted by atomic mass is 16.5. The lowest BCUT2D eigenvalue weighted by Crippen LogP contribution is -2.51. The third-order valence-electron chi connectivity index (χ3n) is 11.4. The fraction of sp³-hybridized carbons (Fsp3) is 0.788. The van der Waals surface area contributed by atoms with Crippen molar-refractivity contribution < 1.29 is 9.53 Å². The van der Waals surface area contributed by atoms with E-state index in [9.17, 15) is 4.79 Å². The number of hydrogen-bond acceptors (Lipinski definition) is 2. The SMILES string of the molecule is C=C(C)C(=O)O[C@H]1CC[C@@]2(C)C(=CC[C@H]3[C@@H]4CC[C@H]([C@H](C)/C=C/[C@@H](CC)C(C)C)[C@@]4(C)CC[C@@H]32)C1. The first-order valence-electron chi connectivity index (χ1n) is 14.8. The molecule has 0 spiro atoms. The van der Waals surface area contributed by atoms with Gasteiger partial charge in [0.2, 0.25) is 0 Å². The van der Waals surface area contributed by atoms with Gasteiger partial charge in [-0.15, -0.1) is 0 Å². The van der Waals surface area contributed by atoms with Crippen LogP contribution in [0.4, 0.5) is 0 Å². The summed E-state index contributed by atoms with van der Waals surface area (Å²) in [5.74, 6) is 5.22. The Hall–Kier alpha value is -1.31. The van der Waals surface area contributed by atoms with Gasteiger partial charge in [0.15, 0.2) is 0 Å². The number of esters is 1. The number of carbonyl (C=O) groups is 1. The molecule has 0 amide bonds. The van der Waals surface area contributed by atoms with Crippen LogP contribution in [0.2, 0.25) is 0 Å². The molecule has 0 aromatic carbocycles. The van der Waals surface area contributed by atoms with Crippen molar-refractivity contribution >= 4 is 5.97 Å². The summed E-state index contributed by atoms with van der Waals surface area (Å²) in [5, 5.41) is 0. The van der Waals surface area contributed by atoms with E-state index < -0.39 is 0 Å². The first kappa shape index (κ1) is 26.7. The van der Waals surface area contributed by atoms with Gasteiger partial charge in [-0.25, -0.2) is 4.79 Å². The summed E-state index contributed by atoms with van der Waals surface area (Å²) in [6, 6.07) is 0. The van der Waals surface area contributed by atoms with Crippen LogP contribution in [-0.2, 0) is 9.53 Å². The monoisotopic (exact) mass is 480 g/mol. The Bertz CT molecular complexity index is 864. The van der Waals surface area contributed by atoms with Gasteiger partial charge in [0.1, 0.15) is 6.10 Å². The lowest BCUT2D eigenvalue weighted by Gasteiger charge is -2.58. The lowest BCUT2D eigenvalue weighted by molar-refractivity contribution is -0.146. The number of carbonyl (C=O) groups excluding carboxylic acids is 1. The normalized spacial score (nSPS) is 40.5. The van der Waals surface area contributed by atoms with Crippen molar-refractivity contribution in [1.29, 1.82) is 0 Å². The van der Waals surface area contributed by atoms with Gasteiger partial charge in [-0.2, -0.15) is 0 Å². The molecule has 4 rings (SSSR count). The van der Waals surface area contributed by atoms with E-state index in [1.807, 2.05) is 0 Å². The zero-order chi connectivity index (χ0) is 25.5. The molecule has 196 valence electrons. The van der Waals surface area contributed by atoms with Crippen molar-refractivity contribution in [3.63, 3.8) is 0 Å². The minimum absolute atomic E-state index is 0.0326. The summed E-state index contributed by atoms with van der Waals surface area (Å²) in [6.07, 6.45) is 18.9. The molecule has 3 fully saturated rings. The summed E-state index contributed by atoms with van der Waals surface area (Å²) >= 11 is 0. The summed E-state index contributed by atoms with van der Waals surface area (Å²) in [6.45, 7) is 20.3. The van der Waals surface area contributed by atoms with Gasteiger partial charge in [-0.1, -0.05) is 71.9 Å². The van der Waals surface area contributed by atoms with Gasteiger partial charge >= 0.3 is 5.97 Å². The topological polar surface area (TPSA) is 26.3 Å². The average molecular weight is 481 g/mol. The molecule has 0 unspecified atom stereocenters. The molecule has 9 atom stereocenters. The molecule has 35 heavy (non-hydrogen) atoms. The molecule has 2 nitrogen and oxygen atoms in total. The Balaban J connectivity index is 1.48. The Labute approximate surface area is 216 Å². The largest absolute Gasteiger partial charge is 0.459 e. The van der Waals surface area contributed by atoms with Gasteiger partial charge in [0.25, 0.3) is 0 Å². The van der Waals surface area contributed by atoms with Crippen molar-refractivity contribution in [2.24, 2.45) is 52.3 Å². The van der Waals surface area contributed by atoms with E-state index >= 15 is 0 Å². The van der Waals surface area contributed by atoms with E-state index in [1.165, 1.54) is 38.5 Å². The maximum Gasteiger partial charge on any atom is 0.333 e. The third-order valence-corrected chi connectivity index (χ3v) is 11.4. The van der Waals surface area contributed by atoms with Crippen LogP contribution in [0.5, 0.6) is 0 Å². The second kappa shape index (κ2) is 10.2. The Morgan fingerprint density at radius 3 is 2.51 bits per heavy atom. The second-order valence-corrected chi connectivity index (χ2v) is 13.6. The van der Waals surface area contributed by atoms with Crippen molar-refractivity contribution in [2.75, 3.05) is 0 Å². The van der Waals surface area contributed by atoms with E-state index in [1.54, 1.807) is 12.5 Å². The highest BCUT2D eigenvalue weighted by Gasteiger charge is 2.59. The molecule has 0 bridgehead atoms. The van der Waals surface area contributed by atoms with Crippen LogP contribution in [0.25, 0.3) is 0 Å². The van der Waals surface area contributed by atoms with Gasteiger partial charge in [0.05, 0.1) is 0 Å². The number of rotatable bonds is 7. The zero-order valence-electron chi connectivity index (χ0n) is 23.7. The highest BCUT2D eigenvalue weighted by molar-refractivity contribution is 5.87. The predicted molar refractivity (Wildman–Crippen MR) is 147 cm³/mol. The van der Waals surface area contributed by atoms with Crippen LogP contribution in [0.15, 0.2) is 36.0 Å². The number of hydrogen-bond donors (Lipinski definition) is 0. The van der Waals surface area contributed by atoms with Crippen molar-refractivity contribution in [1.82, 2.24) is 0 Å². The fourth-order valence-electron chi connectivity index (χ4n) is 9.17. The first-order valence-corrected chi connectivity index (χ1v) is 14.8. The van der Waals surface area contributed by atoms with Crippen LogP contribution in [0.1, 0.15) is 106 Å². The number of allylic oxidation sites excluding steroid dienone is 3. The summed E-state index contributed by atoms with van der Waals surface area (Å²) in [4.78, 5) is 12.1. The van der Waals surface area contributed by atoms with Gasteiger partial charge in [-0.05, 0) is 111 Å². The molecule has 4 aliphatic carbocycles. The molecule has 0 aromatic heterocycles. The molecular weight excluding hydrogens is 428 g/mol. The standard InChI is InChI=1S/C33H52O2/c1-9-24(21(2)3)11-10-23(6)28-14-15-29-27-13-12-25-20-26(35-31(34)22(4)5)16-18-32(25,7)30(27)17-19-33(28,29)8/h10-12,21,23-24,26-30H,4,9,13-20H2,1-3,5-8H3/b11-10+/t23-,24-,26+,27+,28-,29+,30+,32+,33-/m1/s1. The van der Waals surface area contributed by atoms with Crippen molar-refractivity contribution in [3.05, 3.63) is 36.0 Å². The predicted octanol–water partition coefficient (Wildman–Crippen LogP) is 8.93. The molecule has 0 saturated heterocycles. The van der Waals surface area contributed by atoms with Crippen molar-refractivity contribution in [2.45, 2.75) is 112 Å². The minimum atomic E-state index is -0.222. The maximum absolute atomic E-state index is 12.1. The number of fused-ring (bicyclic) bond motifs is 5. The Morgan fingerprint density at radius 2 is 1.86 bits per heavy atom. The molecule has 0 aliphatic heterocycles. The fourth-order valence-corrected chi connectivity index (χ4v) is 9.17. The smallest absolute Gasteiger partial charge is 0.333 e. The second-order valence-electron chi connectivity index (χ2n) is 13.6. The Morgan fingerprint density at radius 1 is 1.11 bits per heavy atom. The third kappa shape index (κ3) is 4.85. The van der Waals surface area contributed by atoms with Crippen LogP contribution < -0.4 is 0 Å². The molecular formula is C33H52O2. The quantitative estimate of drug-likeness (QED) is 0.206. The molecule has 2 heteroatoms. The molecule has 0 radical (unpaired) electrons. The van der Waals surface area contributed by atoms with E-state index in [0.29, 0.717) is 28.2 Å². The number of ether oxygens (including phenoxy) is 1. The minimum Gasteiger partial charge on any atom is -0.459 e. The van der Waals surface area contributed by atoms with E-state index in [4.69, 9.17) is 4.74 Å². The van der Waals surface area contributed by atoms with Gasteiger partial charge in [0, 0.05) is 12.0 Å². The molecule has 4 aliphatic rings. The first-order chi connectivity index (χ1) is 16.5. The summed E-state index contributed by atoms with van der Waals surface area (Å²) in [5.41, 5.74) is 2.88. The molecule has 0 heterocycles. The Kier molecular flexibility index (Phi) is 7.81. The zero-order valence-corrected chi connectivity index (χ0v) is 23.7.